The maximum atomic E-state index is 12.5. The minimum Gasteiger partial charge on any atom is -0.444 e. The number of aryl methyl sites for hydroxylation is 1. The number of rotatable bonds is 11. The first-order chi connectivity index (χ1) is 16.7. The van der Waals surface area contributed by atoms with Crippen LogP contribution in [-0.4, -0.2) is 60.8 Å². The Balaban J connectivity index is 1.38. The van der Waals surface area contributed by atoms with E-state index in [9.17, 15) is 19.2 Å². The van der Waals surface area contributed by atoms with E-state index in [2.05, 4.69) is 5.32 Å². The van der Waals surface area contributed by atoms with Gasteiger partial charge >= 0.3 is 11.8 Å². The van der Waals surface area contributed by atoms with Crippen LogP contribution in [0, 0.1) is 0 Å². The van der Waals surface area contributed by atoms with Crippen LogP contribution < -0.4 is 11.1 Å². The Hall–Kier alpha value is -2.98. The summed E-state index contributed by atoms with van der Waals surface area (Å²) in [6.07, 6.45) is 1.36. The molecule has 1 aliphatic carbocycles. The molecule has 0 spiro atoms. The molecule has 1 aromatic heterocycles. The quantitative estimate of drug-likeness (QED) is 0.376. The number of para-hydroxylation sites is 1. The highest BCUT2D eigenvalue weighted by Crippen LogP contribution is 2.28. The average Bonchev–Trinajstić information content (AvgIpc) is 3.10. The third-order valence-electron chi connectivity index (χ3n) is 5.49. The van der Waals surface area contributed by atoms with E-state index in [1.165, 1.54) is 4.57 Å². The summed E-state index contributed by atoms with van der Waals surface area (Å²) >= 11 is 0. The zero-order valence-electron chi connectivity index (χ0n) is 20.6. The Morgan fingerprint density at radius 2 is 1.86 bits per heavy atom. The fourth-order valence-corrected chi connectivity index (χ4v) is 3.96. The fourth-order valence-electron chi connectivity index (χ4n) is 3.96. The molecule has 1 aromatic carbocycles. The second-order valence-corrected chi connectivity index (χ2v) is 9.50. The molecule has 1 amide bonds. The number of benzene rings is 1. The molecule has 1 aliphatic rings. The molecule has 35 heavy (non-hydrogen) atoms. The topological polar surface area (TPSA) is 126 Å². The van der Waals surface area contributed by atoms with Crippen LogP contribution in [0.1, 0.15) is 58.1 Å². The van der Waals surface area contributed by atoms with Gasteiger partial charge in [-0.2, -0.15) is 0 Å². The van der Waals surface area contributed by atoms with Crippen LogP contribution in [0.5, 0.6) is 0 Å². The van der Waals surface area contributed by atoms with Crippen molar-refractivity contribution >= 4 is 28.8 Å². The molecule has 2 aromatic rings. The monoisotopic (exact) mass is 490 g/mol. The molecule has 0 bridgehead atoms. The number of oxazole rings is 1. The summed E-state index contributed by atoms with van der Waals surface area (Å²) in [6.45, 7) is 7.45. The van der Waals surface area contributed by atoms with Gasteiger partial charge in [0.05, 0.1) is 37.8 Å². The zero-order chi connectivity index (χ0) is 25.4. The lowest BCUT2D eigenvalue weighted by molar-refractivity contribution is -0.132. The third kappa shape index (κ3) is 7.76. The van der Waals surface area contributed by atoms with Gasteiger partial charge in [0.2, 0.25) is 0 Å². The first-order valence-corrected chi connectivity index (χ1v) is 12.0. The Kier molecular flexibility index (Phi) is 9.22. The van der Waals surface area contributed by atoms with Crippen LogP contribution >= 0.6 is 0 Å². The summed E-state index contributed by atoms with van der Waals surface area (Å²) in [5.41, 5.74) is 1.39. The lowest BCUT2D eigenvalue weighted by Gasteiger charge is -2.20. The van der Waals surface area contributed by atoms with Crippen molar-refractivity contribution in [3.05, 3.63) is 34.3 Å². The minimum atomic E-state index is -0.653. The van der Waals surface area contributed by atoms with Gasteiger partial charge in [0.1, 0.15) is 11.4 Å². The number of hydrogen-bond donors (Lipinski definition) is 1. The molecule has 0 aliphatic heterocycles. The molecular weight excluding hydrogens is 456 g/mol. The number of nitrogens with one attached hydrogen (secondary N) is 1. The lowest BCUT2D eigenvalue weighted by Crippen LogP contribution is -2.34. The van der Waals surface area contributed by atoms with Crippen molar-refractivity contribution in [3.63, 3.8) is 0 Å². The van der Waals surface area contributed by atoms with Gasteiger partial charge in [0.15, 0.2) is 11.4 Å². The van der Waals surface area contributed by atoms with Gasteiger partial charge in [-0.1, -0.05) is 12.1 Å². The summed E-state index contributed by atoms with van der Waals surface area (Å²) in [6, 6.07) is 4.84. The van der Waals surface area contributed by atoms with E-state index in [0.717, 1.165) is 5.56 Å². The van der Waals surface area contributed by atoms with Crippen molar-refractivity contribution < 1.29 is 33.0 Å². The van der Waals surface area contributed by atoms with E-state index >= 15 is 0 Å². The number of amides is 1. The van der Waals surface area contributed by atoms with Crippen LogP contribution in [0.15, 0.2) is 27.4 Å². The summed E-state index contributed by atoms with van der Waals surface area (Å²) < 4.78 is 23.1. The van der Waals surface area contributed by atoms with Gasteiger partial charge < -0.3 is 23.9 Å². The van der Waals surface area contributed by atoms with Crippen molar-refractivity contribution in [3.8, 4) is 0 Å². The smallest absolute Gasteiger partial charge is 0.420 e. The SMILES string of the molecule is CC(C)(C)OC(=O)NCCOCCOCCCc1cccc2c1oc(=O)n2C1CCC(=O)CC1=O. The molecule has 1 fully saturated rings. The highest BCUT2D eigenvalue weighted by Gasteiger charge is 2.31. The molecule has 10 heteroatoms. The lowest BCUT2D eigenvalue weighted by atomic mass is 9.92. The van der Waals surface area contributed by atoms with Gasteiger partial charge in [-0.25, -0.2) is 9.59 Å². The van der Waals surface area contributed by atoms with E-state index in [-0.39, 0.29) is 24.4 Å². The molecule has 1 heterocycles. The Labute approximate surface area is 203 Å². The van der Waals surface area contributed by atoms with Crippen LogP contribution in [0.25, 0.3) is 11.1 Å². The number of fused-ring (bicyclic) bond motifs is 1. The van der Waals surface area contributed by atoms with Crippen molar-refractivity contribution in [1.29, 1.82) is 0 Å². The van der Waals surface area contributed by atoms with Crippen molar-refractivity contribution in [2.75, 3.05) is 33.0 Å². The van der Waals surface area contributed by atoms with Gasteiger partial charge in [0.25, 0.3) is 0 Å². The van der Waals surface area contributed by atoms with Gasteiger partial charge in [0, 0.05) is 19.6 Å². The molecule has 192 valence electrons. The number of alkyl carbamates (subject to hydrolysis) is 1. The van der Waals surface area contributed by atoms with Crippen LogP contribution in [-0.2, 0) is 30.2 Å². The van der Waals surface area contributed by atoms with Crippen molar-refractivity contribution in [2.45, 2.75) is 64.5 Å². The summed E-state index contributed by atoms with van der Waals surface area (Å²) in [5.74, 6) is -0.905. The number of carbonyl (C=O) groups excluding carboxylic acids is 3. The van der Waals surface area contributed by atoms with E-state index < -0.39 is 23.5 Å². The Morgan fingerprint density at radius 1 is 1.11 bits per heavy atom. The number of ketones is 2. The second kappa shape index (κ2) is 12.1. The van der Waals surface area contributed by atoms with Crippen molar-refractivity contribution in [2.24, 2.45) is 0 Å². The summed E-state index contributed by atoms with van der Waals surface area (Å²) in [5, 5.41) is 2.62. The highest BCUT2D eigenvalue weighted by atomic mass is 16.6. The molecule has 1 N–H and O–H groups in total. The summed E-state index contributed by atoms with van der Waals surface area (Å²) in [7, 11) is 0. The Bertz CT molecular complexity index is 1100. The fraction of sp³-hybridized carbons (Fsp3) is 0.600. The number of hydrogen-bond acceptors (Lipinski definition) is 8. The average molecular weight is 491 g/mol. The molecule has 1 saturated carbocycles. The highest BCUT2D eigenvalue weighted by molar-refractivity contribution is 6.03. The van der Waals surface area contributed by atoms with E-state index in [1.807, 2.05) is 12.1 Å². The van der Waals surface area contributed by atoms with Crippen LogP contribution in [0.4, 0.5) is 4.79 Å². The van der Waals surface area contributed by atoms with Gasteiger partial charge in [-0.05, 0) is 51.7 Å². The maximum Gasteiger partial charge on any atom is 0.420 e. The largest absolute Gasteiger partial charge is 0.444 e. The standard InChI is InChI=1S/C25H34N2O8/c1-25(2,3)35-23(30)26-11-13-33-15-14-32-12-5-7-17-6-4-8-20-22(17)34-24(31)27(20)19-10-9-18(28)16-21(19)29/h4,6,8,19H,5,7,9-16H2,1-3H3,(H,26,30). The number of Topliss-reactive ketones (excluding diaryl/α,β-unsaturated/α-hetero) is 2. The maximum absolute atomic E-state index is 12.5. The predicted octanol–water partition coefficient (Wildman–Crippen LogP) is 2.95. The van der Waals surface area contributed by atoms with Gasteiger partial charge in [-0.3, -0.25) is 14.2 Å². The van der Waals surface area contributed by atoms with E-state index in [1.54, 1.807) is 26.8 Å². The molecule has 3 rings (SSSR count). The molecule has 1 unspecified atom stereocenters. The van der Waals surface area contributed by atoms with Crippen LogP contribution in [0.2, 0.25) is 0 Å². The van der Waals surface area contributed by atoms with Gasteiger partial charge in [-0.15, -0.1) is 0 Å². The first kappa shape index (κ1) is 26.6. The number of aromatic nitrogens is 1. The van der Waals surface area contributed by atoms with Crippen molar-refractivity contribution in [1.82, 2.24) is 9.88 Å². The Morgan fingerprint density at radius 3 is 2.57 bits per heavy atom. The zero-order valence-corrected chi connectivity index (χ0v) is 20.6. The molecule has 0 saturated heterocycles. The number of ether oxygens (including phenoxy) is 3. The summed E-state index contributed by atoms with van der Waals surface area (Å²) in [4.78, 5) is 47.9. The minimum absolute atomic E-state index is 0.0874. The van der Waals surface area contributed by atoms with E-state index in [4.69, 9.17) is 18.6 Å². The third-order valence-corrected chi connectivity index (χ3v) is 5.49. The van der Waals surface area contributed by atoms with Crippen LogP contribution in [0.3, 0.4) is 0 Å². The first-order valence-electron chi connectivity index (χ1n) is 12.0. The molecular formula is C25H34N2O8. The molecule has 10 nitrogen and oxygen atoms in total. The molecule has 1 atom stereocenters. The number of nitrogens with zero attached hydrogens (tertiary/aromatic N) is 1. The molecule has 0 radical (unpaired) electrons. The number of carbonyl (C=O) groups is 3. The normalized spacial score (nSPS) is 16.6. The van der Waals surface area contributed by atoms with E-state index in [0.29, 0.717) is 63.3 Å². The second-order valence-electron chi connectivity index (χ2n) is 9.50. The predicted molar refractivity (Wildman–Crippen MR) is 128 cm³/mol.